The summed E-state index contributed by atoms with van der Waals surface area (Å²) in [5, 5.41) is 0. The standard InChI is InChI=1S/C16H27NO3/c1-4-8-19-15-7-6-13(11-14(17)5-2)16(12-15)20-10-9-18-3/h6-7,12,14H,4-5,8-11,17H2,1-3H3. The summed E-state index contributed by atoms with van der Waals surface area (Å²) in [5.41, 5.74) is 7.16. The van der Waals surface area contributed by atoms with Crippen LogP contribution in [0.2, 0.25) is 0 Å². The first-order valence-corrected chi connectivity index (χ1v) is 7.34. The molecule has 0 aromatic heterocycles. The molecule has 4 nitrogen and oxygen atoms in total. The zero-order valence-electron chi connectivity index (χ0n) is 12.9. The molecule has 0 bridgehead atoms. The van der Waals surface area contributed by atoms with E-state index >= 15 is 0 Å². The van der Waals surface area contributed by atoms with Crippen molar-refractivity contribution in [3.63, 3.8) is 0 Å². The summed E-state index contributed by atoms with van der Waals surface area (Å²) in [4.78, 5) is 0. The van der Waals surface area contributed by atoms with E-state index < -0.39 is 0 Å². The molecule has 0 aliphatic heterocycles. The van der Waals surface area contributed by atoms with E-state index in [1.807, 2.05) is 18.2 Å². The molecule has 0 spiro atoms. The zero-order valence-corrected chi connectivity index (χ0v) is 12.9. The minimum atomic E-state index is 0.155. The van der Waals surface area contributed by atoms with E-state index in [9.17, 15) is 0 Å². The maximum atomic E-state index is 6.04. The molecule has 0 amide bonds. The van der Waals surface area contributed by atoms with Gasteiger partial charge in [-0.2, -0.15) is 0 Å². The summed E-state index contributed by atoms with van der Waals surface area (Å²) in [6, 6.07) is 6.13. The number of nitrogens with two attached hydrogens (primary N) is 1. The van der Waals surface area contributed by atoms with Gasteiger partial charge in [0.2, 0.25) is 0 Å². The van der Waals surface area contributed by atoms with Crippen molar-refractivity contribution < 1.29 is 14.2 Å². The van der Waals surface area contributed by atoms with Crippen molar-refractivity contribution >= 4 is 0 Å². The Morgan fingerprint density at radius 1 is 1.10 bits per heavy atom. The van der Waals surface area contributed by atoms with Gasteiger partial charge in [-0.25, -0.2) is 0 Å². The molecule has 0 saturated heterocycles. The fourth-order valence-corrected chi connectivity index (χ4v) is 1.81. The van der Waals surface area contributed by atoms with Crippen LogP contribution in [0.5, 0.6) is 11.5 Å². The second-order valence-electron chi connectivity index (χ2n) is 4.83. The average Bonchev–Trinajstić information content (AvgIpc) is 2.47. The van der Waals surface area contributed by atoms with E-state index in [4.69, 9.17) is 19.9 Å². The molecule has 114 valence electrons. The van der Waals surface area contributed by atoms with Crippen LogP contribution in [0.15, 0.2) is 18.2 Å². The molecule has 0 heterocycles. The highest BCUT2D eigenvalue weighted by molar-refractivity contribution is 5.41. The van der Waals surface area contributed by atoms with Gasteiger partial charge in [0.05, 0.1) is 13.2 Å². The van der Waals surface area contributed by atoms with Crippen molar-refractivity contribution in [2.24, 2.45) is 5.73 Å². The smallest absolute Gasteiger partial charge is 0.126 e. The molecule has 2 N–H and O–H groups in total. The lowest BCUT2D eigenvalue weighted by Gasteiger charge is -2.16. The predicted octanol–water partition coefficient (Wildman–Crippen LogP) is 2.78. The lowest BCUT2D eigenvalue weighted by molar-refractivity contribution is 0.145. The quantitative estimate of drug-likeness (QED) is 0.670. The van der Waals surface area contributed by atoms with E-state index in [-0.39, 0.29) is 6.04 Å². The Kier molecular flexibility index (Phi) is 8.07. The molecule has 1 atom stereocenters. The predicted molar refractivity (Wildman–Crippen MR) is 81.6 cm³/mol. The van der Waals surface area contributed by atoms with Gasteiger partial charge in [0, 0.05) is 19.2 Å². The minimum Gasteiger partial charge on any atom is -0.493 e. The van der Waals surface area contributed by atoms with Crippen molar-refractivity contribution in [3.05, 3.63) is 23.8 Å². The summed E-state index contributed by atoms with van der Waals surface area (Å²) >= 11 is 0. The highest BCUT2D eigenvalue weighted by Gasteiger charge is 2.10. The molecule has 0 radical (unpaired) electrons. The van der Waals surface area contributed by atoms with E-state index in [2.05, 4.69) is 13.8 Å². The third kappa shape index (κ3) is 5.80. The largest absolute Gasteiger partial charge is 0.493 e. The van der Waals surface area contributed by atoms with Crippen LogP contribution in [0.4, 0.5) is 0 Å². The molecular formula is C16H27NO3. The Labute approximate surface area is 122 Å². The van der Waals surface area contributed by atoms with Crippen LogP contribution in [0.3, 0.4) is 0 Å². The van der Waals surface area contributed by atoms with E-state index in [1.165, 1.54) is 0 Å². The summed E-state index contributed by atoms with van der Waals surface area (Å²) in [6.45, 7) is 5.99. The maximum absolute atomic E-state index is 6.04. The highest BCUT2D eigenvalue weighted by Crippen LogP contribution is 2.26. The third-order valence-electron chi connectivity index (χ3n) is 3.06. The normalized spacial score (nSPS) is 12.2. The third-order valence-corrected chi connectivity index (χ3v) is 3.06. The van der Waals surface area contributed by atoms with Gasteiger partial charge < -0.3 is 19.9 Å². The Balaban J connectivity index is 2.78. The molecule has 1 rings (SSSR count). The Bertz CT molecular complexity index is 382. The van der Waals surface area contributed by atoms with Gasteiger partial charge >= 0.3 is 0 Å². The molecule has 4 heteroatoms. The van der Waals surface area contributed by atoms with Gasteiger partial charge in [-0.1, -0.05) is 19.9 Å². The molecule has 1 aromatic rings. The fraction of sp³-hybridized carbons (Fsp3) is 0.625. The molecule has 0 aliphatic carbocycles. The first-order valence-electron chi connectivity index (χ1n) is 7.34. The van der Waals surface area contributed by atoms with Gasteiger partial charge in [0.1, 0.15) is 18.1 Å². The van der Waals surface area contributed by atoms with Crippen molar-refractivity contribution in [2.75, 3.05) is 26.9 Å². The number of rotatable bonds is 10. The van der Waals surface area contributed by atoms with Gasteiger partial charge in [-0.3, -0.25) is 0 Å². The second-order valence-corrected chi connectivity index (χ2v) is 4.83. The van der Waals surface area contributed by atoms with Crippen LogP contribution in [0, 0.1) is 0 Å². The van der Waals surface area contributed by atoms with Crippen molar-refractivity contribution in [1.29, 1.82) is 0 Å². The summed E-state index contributed by atoms with van der Waals surface area (Å²) in [5.74, 6) is 1.69. The minimum absolute atomic E-state index is 0.155. The first kappa shape index (κ1) is 16.8. The van der Waals surface area contributed by atoms with Crippen LogP contribution < -0.4 is 15.2 Å². The van der Waals surface area contributed by atoms with Crippen LogP contribution >= 0.6 is 0 Å². The van der Waals surface area contributed by atoms with Gasteiger partial charge in [0.15, 0.2) is 0 Å². The van der Waals surface area contributed by atoms with E-state index in [0.29, 0.717) is 19.8 Å². The SMILES string of the molecule is CCCOc1ccc(CC(N)CC)c(OCCOC)c1. The number of benzene rings is 1. The Hall–Kier alpha value is -1.26. The fourth-order valence-electron chi connectivity index (χ4n) is 1.81. The summed E-state index contributed by atoms with van der Waals surface area (Å²) in [6.07, 6.45) is 2.75. The monoisotopic (exact) mass is 281 g/mol. The van der Waals surface area contributed by atoms with Gasteiger partial charge in [0.25, 0.3) is 0 Å². The number of hydrogen-bond donors (Lipinski definition) is 1. The lowest BCUT2D eigenvalue weighted by atomic mass is 10.0. The maximum Gasteiger partial charge on any atom is 0.126 e. The molecule has 1 aromatic carbocycles. The average molecular weight is 281 g/mol. The van der Waals surface area contributed by atoms with Crippen molar-refractivity contribution in [1.82, 2.24) is 0 Å². The van der Waals surface area contributed by atoms with Crippen LogP contribution in [-0.2, 0) is 11.2 Å². The molecule has 0 saturated carbocycles. The zero-order chi connectivity index (χ0) is 14.8. The Morgan fingerprint density at radius 2 is 1.90 bits per heavy atom. The van der Waals surface area contributed by atoms with Crippen molar-refractivity contribution in [2.45, 2.75) is 39.2 Å². The number of ether oxygens (including phenoxy) is 3. The number of hydrogen-bond acceptors (Lipinski definition) is 4. The molecule has 0 fully saturated rings. The highest BCUT2D eigenvalue weighted by atomic mass is 16.5. The van der Waals surface area contributed by atoms with Crippen molar-refractivity contribution in [3.8, 4) is 11.5 Å². The van der Waals surface area contributed by atoms with Gasteiger partial charge in [-0.05, 0) is 30.9 Å². The van der Waals surface area contributed by atoms with Crippen LogP contribution in [0.25, 0.3) is 0 Å². The van der Waals surface area contributed by atoms with E-state index in [0.717, 1.165) is 36.3 Å². The summed E-state index contributed by atoms with van der Waals surface area (Å²) < 4.78 is 16.4. The Morgan fingerprint density at radius 3 is 2.55 bits per heavy atom. The molecule has 1 unspecified atom stereocenters. The summed E-state index contributed by atoms with van der Waals surface area (Å²) in [7, 11) is 1.66. The van der Waals surface area contributed by atoms with E-state index in [1.54, 1.807) is 7.11 Å². The second kappa shape index (κ2) is 9.61. The lowest BCUT2D eigenvalue weighted by Crippen LogP contribution is -2.22. The molecule has 0 aliphatic rings. The molecule has 20 heavy (non-hydrogen) atoms. The van der Waals surface area contributed by atoms with Crippen LogP contribution in [0.1, 0.15) is 32.3 Å². The first-order chi connectivity index (χ1) is 9.71. The van der Waals surface area contributed by atoms with Gasteiger partial charge in [-0.15, -0.1) is 0 Å². The number of methoxy groups -OCH3 is 1. The topological polar surface area (TPSA) is 53.7 Å². The van der Waals surface area contributed by atoms with Crippen LogP contribution in [-0.4, -0.2) is 33.0 Å². The molecular weight excluding hydrogens is 254 g/mol.